The summed E-state index contributed by atoms with van der Waals surface area (Å²) < 4.78 is 33.0. The Bertz CT molecular complexity index is 1340. The van der Waals surface area contributed by atoms with Crippen LogP contribution in [0, 0.1) is 20.2 Å². The van der Waals surface area contributed by atoms with Crippen LogP contribution in [0.2, 0.25) is 0 Å². The molecule has 0 aliphatic rings. The first kappa shape index (κ1) is 24.1. The van der Waals surface area contributed by atoms with Crippen molar-refractivity contribution in [1.82, 2.24) is 0 Å². The lowest BCUT2D eigenvalue weighted by Gasteiger charge is -2.10. The van der Waals surface area contributed by atoms with Gasteiger partial charge in [0.1, 0.15) is 11.3 Å². The number of nitrogens with one attached hydrogen (secondary N) is 2. The number of carbonyl (C=O) groups excluding carboxylic acids is 1. The number of carbonyl (C=O) groups is 1. The van der Waals surface area contributed by atoms with Crippen molar-refractivity contribution < 1.29 is 27.8 Å². The van der Waals surface area contributed by atoms with Crippen molar-refractivity contribution in [3.05, 3.63) is 92.5 Å². The van der Waals surface area contributed by atoms with Crippen LogP contribution in [-0.2, 0) is 10.0 Å². The molecule has 3 aromatic rings. The second-order valence-electron chi connectivity index (χ2n) is 6.76. The maximum Gasteiger partial charge on any atom is 0.289 e. The van der Waals surface area contributed by atoms with Gasteiger partial charge in [-0.15, -0.1) is 0 Å². The molecule has 0 fully saturated rings. The third-order valence-electron chi connectivity index (χ3n) is 4.47. The topological polar surface area (TPSA) is 171 Å². The molecule has 0 aromatic heterocycles. The van der Waals surface area contributed by atoms with Gasteiger partial charge in [0.25, 0.3) is 27.3 Å². The van der Waals surface area contributed by atoms with Crippen LogP contribution in [0.3, 0.4) is 0 Å². The molecule has 3 aromatic carbocycles. The molecule has 13 heteroatoms. The zero-order chi connectivity index (χ0) is 24.9. The zero-order valence-electron chi connectivity index (χ0n) is 17.6. The molecule has 0 spiro atoms. The standard InChI is InChI=1S/C21H18N4O8S/c1-2-33-17-8-3-15(4-9-17)23-34(31,32)18-10-5-14(6-11-18)22-21(26)19-12-7-16(24(27)28)13-20(19)25(29)30/h3-13,23H,2H2,1H3,(H,22,26). The van der Waals surface area contributed by atoms with Gasteiger partial charge in [-0.3, -0.25) is 29.7 Å². The predicted octanol–water partition coefficient (Wildman–Crippen LogP) is 3.95. The van der Waals surface area contributed by atoms with Crippen LogP contribution >= 0.6 is 0 Å². The van der Waals surface area contributed by atoms with E-state index in [1.54, 1.807) is 24.3 Å². The van der Waals surface area contributed by atoms with E-state index < -0.39 is 37.2 Å². The van der Waals surface area contributed by atoms with E-state index in [2.05, 4.69) is 10.0 Å². The first-order valence-corrected chi connectivity index (χ1v) is 11.2. The molecule has 0 unspecified atom stereocenters. The Hall–Kier alpha value is -4.52. The molecule has 12 nitrogen and oxygen atoms in total. The Kier molecular flexibility index (Phi) is 7.06. The molecule has 0 aliphatic carbocycles. The highest BCUT2D eigenvalue weighted by molar-refractivity contribution is 7.92. The number of rotatable bonds is 9. The van der Waals surface area contributed by atoms with Gasteiger partial charge < -0.3 is 10.1 Å². The van der Waals surface area contributed by atoms with Crippen molar-refractivity contribution in [3.63, 3.8) is 0 Å². The van der Waals surface area contributed by atoms with E-state index in [-0.39, 0.29) is 16.1 Å². The zero-order valence-corrected chi connectivity index (χ0v) is 18.4. The van der Waals surface area contributed by atoms with Gasteiger partial charge in [0.2, 0.25) is 0 Å². The van der Waals surface area contributed by atoms with Crippen molar-refractivity contribution in [1.29, 1.82) is 0 Å². The van der Waals surface area contributed by atoms with Crippen molar-refractivity contribution >= 4 is 38.7 Å². The van der Waals surface area contributed by atoms with Gasteiger partial charge in [-0.1, -0.05) is 0 Å². The van der Waals surface area contributed by atoms with Gasteiger partial charge in [-0.05, 0) is 61.5 Å². The summed E-state index contributed by atoms with van der Waals surface area (Å²) in [4.78, 5) is 32.8. The molecule has 0 aliphatic heterocycles. The van der Waals surface area contributed by atoms with Crippen LogP contribution in [0.5, 0.6) is 5.75 Å². The SMILES string of the molecule is CCOc1ccc(NS(=O)(=O)c2ccc(NC(=O)c3ccc([N+](=O)[O-])cc3[N+](=O)[O-])cc2)cc1. The highest BCUT2D eigenvalue weighted by Crippen LogP contribution is 2.26. The number of nitrogens with zero attached hydrogens (tertiary/aromatic N) is 2. The lowest BCUT2D eigenvalue weighted by atomic mass is 10.1. The summed E-state index contributed by atoms with van der Waals surface area (Å²) in [6, 6.07) is 14.1. The third kappa shape index (κ3) is 5.63. The molecule has 1 amide bonds. The summed E-state index contributed by atoms with van der Waals surface area (Å²) in [7, 11) is -3.92. The molecular formula is C21H18N4O8S. The molecular weight excluding hydrogens is 468 g/mol. The Morgan fingerprint density at radius 2 is 1.53 bits per heavy atom. The van der Waals surface area contributed by atoms with E-state index in [1.165, 1.54) is 24.3 Å². The molecule has 0 saturated carbocycles. The van der Waals surface area contributed by atoms with E-state index in [9.17, 15) is 33.4 Å². The lowest BCUT2D eigenvalue weighted by Crippen LogP contribution is -2.15. The van der Waals surface area contributed by atoms with Gasteiger partial charge in [0.15, 0.2) is 0 Å². The maximum absolute atomic E-state index is 12.6. The average Bonchev–Trinajstić information content (AvgIpc) is 2.80. The number of ether oxygens (including phenoxy) is 1. The minimum Gasteiger partial charge on any atom is -0.494 e. The van der Waals surface area contributed by atoms with E-state index >= 15 is 0 Å². The Balaban J connectivity index is 1.75. The van der Waals surface area contributed by atoms with E-state index in [0.29, 0.717) is 24.1 Å². The van der Waals surface area contributed by atoms with Gasteiger partial charge in [-0.25, -0.2) is 8.42 Å². The molecule has 0 bridgehead atoms. The first-order chi connectivity index (χ1) is 16.1. The van der Waals surface area contributed by atoms with Crippen molar-refractivity contribution in [2.45, 2.75) is 11.8 Å². The Labute approximate surface area is 193 Å². The van der Waals surface area contributed by atoms with Gasteiger partial charge in [-0.2, -0.15) is 0 Å². The van der Waals surface area contributed by atoms with E-state index in [4.69, 9.17) is 4.74 Å². The molecule has 0 heterocycles. The Morgan fingerprint density at radius 1 is 0.912 bits per heavy atom. The molecule has 34 heavy (non-hydrogen) atoms. The number of benzene rings is 3. The summed E-state index contributed by atoms with van der Waals surface area (Å²) in [5, 5.41) is 24.5. The van der Waals surface area contributed by atoms with Crippen molar-refractivity contribution in [2.75, 3.05) is 16.6 Å². The van der Waals surface area contributed by atoms with E-state index in [0.717, 1.165) is 12.1 Å². The lowest BCUT2D eigenvalue weighted by molar-refractivity contribution is -0.394. The van der Waals surface area contributed by atoms with Gasteiger partial charge in [0.05, 0.1) is 27.4 Å². The van der Waals surface area contributed by atoms with Crippen LogP contribution in [0.4, 0.5) is 22.7 Å². The number of nitro benzene ring substituents is 2. The molecule has 0 saturated heterocycles. The minimum atomic E-state index is -3.92. The maximum atomic E-state index is 12.6. The fraction of sp³-hybridized carbons (Fsp3) is 0.0952. The average molecular weight is 486 g/mol. The summed E-state index contributed by atoms with van der Waals surface area (Å²) >= 11 is 0. The summed E-state index contributed by atoms with van der Waals surface area (Å²) in [5.41, 5.74) is -1.16. The molecule has 2 N–H and O–H groups in total. The first-order valence-electron chi connectivity index (χ1n) is 9.70. The molecule has 0 atom stereocenters. The van der Waals surface area contributed by atoms with E-state index in [1.807, 2.05) is 6.92 Å². The Morgan fingerprint density at radius 3 is 2.09 bits per heavy atom. The number of anilines is 2. The van der Waals surface area contributed by atoms with Crippen molar-refractivity contribution in [3.8, 4) is 5.75 Å². The van der Waals surface area contributed by atoms with Crippen molar-refractivity contribution in [2.24, 2.45) is 0 Å². The van der Waals surface area contributed by atoms with Crippen LogP contribution in [0.1, 0.15) is 17.3 Å². The minimum absolute atomic E-state index is 0.0827. The fourth-order valence-electron chi connectivity index (χ4n) is 2.89. The number of nitro groups is 2. The number of hydrogen-bond donors (Lipinski definition) is 2. The molecule has 176 valence electrons. The van der Waals surface area contributed by atoms with Crippen LogP contribution < -0.4 is 14.8 Å². The normalized spacial score (nSPS) is 10.9. The second-order valence-corrected chi connectivity index (χ2v) is 8.44. The number of non-ortho nitro benzene ring substituents is 1. The highest BCUT2D eigenvalue weighted by atomic mass is 32.2. The van der Waals surface area contributed by atoms with Crippen LogP contribution in [0.25, 0.3) is 0 Å². The van der Waals surface area contributed by atoms with Gasteiger partial charge >= 0.3 is 0 Å². The molecule has 3 rings (SSSR count). The smallest absolute Gasteiger partial charge is 0.289 e. The number of hydrogen-bond acceptors (Lipinski definition) is 8. The van der Waals surface area contributed by atoms with Crippen LogP contribution in [0.15, 0.2) is 71.6 Å². The number of amides is 1. The summed E-state index contributed by atoms with van der Waals surface area (Å²) in [6.07, 6.45) is 0. The molecule has 0 radical (unpaired) electrons. The number of sulfonamides is 1. The van der Waals surface area contributed by atoms with Gasteiger partial charge in [0, 0.05) is 17.4 Å². The largest absolute Gasteiger partial charge is 0.494 e. The monoisotopic (exact) mass is 486 g/mol. The highest BCUT2D eigenvalue weighted by Gasteiger charge is 2.24. The summed E-state index contributed by atoms with van der Waals surface area (Å²) in [6.45, 7) is 2.31. The predicted molar refractivity (Wildman–Crippen MR) is 123 cm³/mol. The fourth-order valence-corrected chi connectivity index (χ4v) is 3.95. The summed E-state index contributed by atoms with van der Waals surface area (Å²) in [5.74, 6) is -0.288. The second kappa shape index (κ2) is 9.95. The quantitative estimate of drug-likeness (QED) is 0.338. The third-order valence-corrected chi connectivity index (χ3v) is 5.87. The van der Waals surface area contributed by atoms with Crippen LogP contribution in [-0.4, -0.2) is 30.8 Å².